The molecule has 0 aliphatic rings. The van der Waals surface area contributed by atoms with E-state index in [-0.39, 0.29) is 0 Å². The number of nitrogens with zero attached hydrogens (tertiary/aromatic N) is 1. The predicted octanol–water partition coefficient (Wildman–Crippen LogP) is 4.55. The highest BCUT2D eigenvalue weighted by molar-refractivity contribution is 9.11. The van der Waals surface area contributed by atoms with Crippen molar-refractivity contribution in [3.63, 3.8) is 0 Å². The average Bonchev–Trinajstić information content (AvgIpc) is 2.35. The molecule has 0 aliphatic carbocycles. The number of anilines is 3. The van der Waals surface area contributed by atoms with E-state index in [9.17, 15) is 0 Å². The molecule has 0 saturated carbocycles. The maximum Gasteiger partial charge on any atom is 0.145 e. The quantitative estimate of drug-likeness (QED) is 0.815. The first kappa shape index (κ1) is 13.4. The molecule has 0 radical (unpaired) electrons. The molecule has 0 atom stereocenters. The summed E-state index contributed by atoms with van der Waals surface area (Å²) in [5.41, 5.74) is 9.62. The van der Waals surface area contributed by atoms with Crippen LogP contribution in [-0.2, 0) is 0 Å². The molecule has 1 aromatic heterocycles. The third kappa shape index (κ3) is 2.52. The lowest BCUT2D eigenvalue weighted by Gasteiger charge is -2.13. The number of rotatable bonds is 2. The zero-order valence-corrected chi connectivity index (χ0v) is 13.3. The zero-order valence-electron chi connectivity index (χ0n) is 10.1. The number of aryl methyl sites for hydroxylation is 1. The van der Waals surface area contributed by atoms with Crippen LogP contribution < -0.4 is 11.1 Å². The van der Waals surface area contributed by atoms with Gasteiger partial charge >= 0.3 is 0 Å². The van der Waals surface area contributed by atoms with E-state index in [0.29, 0.717) is 5.69 Å². The monoisotopic (exact) mass is 369 g/mol. The first-order valence-corrected chi connectivity index (χ1v) is 7.02. The van der Waals surface area contributed by atoms with Gasteiger partial charge in [-0.05, 0) is 62.9 Å². The lowest BCUT2D eigenvalue weighted by molar-refractivity contribution is 1.25. The minimum Gasteiger partial charge on any atom is -0.397 e. The van der Waals surface area contributed by atoms with Crippen molar-refractivity contribution in [3.8, 4) is 0 Å². The molecule has 2 aromatic rings. The number of halogens is 2. The van der Waals surface area contributed by atoms with Crippen LogP contribution in [0.1, 0.15) is 11.1 Å². The van der Waals surface area contributed by atoms with Gasteiger partial charge in [-0.2, -0.15) is 0 Å². The number of hydrogen-bond acceptors (Lipinski definition) is 3. The number of nitrogen functional groups attached to an aromatic ring is 1. The Morgan fingerprint density at radius 2 is 1.89 bits per heavy atom. The Morgan fingerprint density at radius 1 is 1.17 bits per heavy atom. The number of nitrogens with one attached hydrogen (secondary N) is 1. The van der Waals surface area contributed by atoms with Crippen LogP contribution >= 0.6 is 31.9 Å². The SMILES string of the molecule is Cc1cccc(Nc2ncc(N)c(C)c2Br)c1Br. The molecule has 0 bridgehead atoms. The number of pyridine rings is 1. The van der Waals surface area contributed by atoms with Gasteiger partial charge in [0.15, 0.2) is 0 Å². The Kier molecular flexibility index (Phi) is 3.92. The first-order chi connectivity index (χ1) is 8.50. The van der Waals surface area contributed by atoms with Gasteiger partial charge in [-0.15, -0.1) is 0 Å². The van der Waals surface area contributed by atoms with Crippen LogP contribution in [0.3, 0.4) is 0 Å². The number of nitrogens with two attached hydrogens (primary N) is 1. The number of hydrogen-bond donors (Lipinski definition) is 2. The summed E-state index contributed by atoms with van der Waals surface area (Å²) in [6.45, 7) is 4.00. The van der Waals surface area contributed by atoms with Crippen molar-refractivity contribution in [2.45, 2.75) is 13.8 Å². The maximum absolute atomic E-state index is 5.81. The molecule has 2 rings (SSSR count). The minimum absolute atomic E-state index is 0.677. The molecule has 0 amide bonds. The Morgan fingerprint density at radius 3 is 2.61 bits per heavy atom. The van der Waals surface area contributed by atoms with Crippen LogP contribution in [0, 0.1) is 13.8 Å². The Hall–Kier alpha value is -1.07. The van der Waals surface area contributed by atoms with Crippen LogP contribution in [0.4, 0.5) is 17.2 Å². The van der Waals surface area contributed by atoms with Gasteiger partial charge in [0.2, 0.25) is 0 Å². The van der Waals surface area contributed by atoms with Crippen molar-refractivity contribution in [3.05, 3.63) is 44.5 Å². The first-order valence-electron chi connectivity index (χ1n) is 5.43. The van der Waals surface area contributed by atoms with E-state index in [1.165, 1.54) is 5.56 Å². The lowest BCUT2D eigenvalue weighted by atomic mass is 10.2. The van der Waals surface area contributed by atoms with Crippen LogP contribution in [0.25, 0.3) is 0 Å². The Balaban J connectivity index is 2.41. The fourth-order valence-corrected chi connectivity index (χ4v) is 2.34. The van der Waals surface area contributed by atoms with Gasteiger partial charge in [0, 0.05) is 4.47 Å². The number of benzene rings is 1. The van der Waals surface area contributed by atoms with Crippen LogP contribution in [0.15, 0.2) is 33.3 Å². The van der Waals surface area contributed by atoms with Crippen LogP contribution in [-0.4, -0.2) is 4.98 Å². The summed E-state index contributed by atoms with van der Waals surface area (Å²) in [6.07, 6.45) is 1.66. The molecule has 0 unspecified atom stereocenters. The highest BCUT2D eigenvalue weighted by Crippen LogP contribution is 2.33. The van der Waals surface area contributed by atoms with Crippen molar-refractivity contribution in [1.82, 2.24) is 4.98 Å². The number of aromatic nitrogens is 1. The molecule has 5 heteroatoms. The van der Waals surface area contributed by atoms with Gasteiger partial charge in [0.05, 0.1) is 22.0 Å². The molecular weight excluding hydrogens is 358 g/mol. The molecular formula is C13H13Br2N3. The minimum atomic E-state index is 0.677. The summed E-state index contributed by atoms with van der Waals surface area (Å²) < 4.78 is 1.92. The van der Waals surface area contributed by atoms with Crippen LogP contribution in [0.5, 0.6) is 0 Å². The van der Waals surface area contributed by atoms with E-state index in [1.54, 1.807) is 6.20 Å². The average molecular weight is 371 g/mol. The van der Waals surface area contributed by atoms with E-state index >= 15 is 0 Å². The van der Waals surface area contributed by atoms with Gasteiger partial charge in [0.1, 0.15) is 5.82 Å². The van der Waals surface area contributed by atoms with Gasteiger partial charge < -0.3 is 11.1 Å². The van der Waals surface area contributed by atoms with Gasteiger partial charge in [-0.25, -0.2) is 4.98 Å². The van der Waals surface area contributed by atoms with Crippen LogP contribution in [0.2, 0.25) is 0 Å². The third-order valence-corrected chi connectivity index (χ3v) is 4.77. The molecule has 0 spiro atoms. The molecule has 94 valence electrons. The van der Waals surface area contributed by atoms with Gasteiger partial charge in [-0.1, -0.05) is 12.1 Å². The molecule has 0 aliphatic heterocycles. The van der Waals surface area contributed by atoms with Gasteiger partial charge in [0.25, 0.3) is 0 Å². The molecule has 3 N–H and O–H groups in total. The lowest BCUT2D eigenvalue weighted by Crippen LogP contribution is -2.00. The molecule has 3 nitrogen and oxygen atoms in total. The highest BCUT2D eigenvalue weighted by atomic mass is 79.9. The van der Waals surface area contributed by atoms with E-state index in [1.807, 2.05) is 32.0 Å². The van der Waals surface area contributed by atoms with E-state index in [0.717, 1.165) is 26.0 Å². The normalized spacial score (nSPS) is 10.4. The summed E-state index contributed by atoms with van der Waals surface area (Å²) in [5, 5.41) is 3.29. The molecule has 18 heavy (non-hydrogen) atoms. The zero-order chi connectivity index (χ0) is 13.3. The second-order valence-corrected chi connectivity index (χ2v) is 5.65. The Labute approximate surface area is 123 Å². The van der Waals surface area contributed by atoms with Crippen molar-refractivity contribution in [2.75, 3.05) is 11.1 Å². The van der Waals surface area contributed by atoms with Crippen molar-refractivity contribution in [1.29, 1.82) is 0 Å². The Bertz CT molecular complexity index is 597. The smallest absolute Gasteiger partial charge is 0.145 e. The summed E-state index contributed by atoms with van der Waals surface area (Å²) in [7, 11) is 0. The molecule has 0 fully saturated rings. The van der Waals surface area contributed by atoms with Crippen molar-refractivity contribution >= 4 is 49.1 Å². The van der Waals surface area contributed by atoms with Crippen molar-refractivity contribution < 1.29 is 0 Å². The van der Waals surface area contributed by atoms with Crippen molar-refractivity contribution in [2.24, 2.45) is 0 Å². The molecule has 0 saturated heterocycles. The van der Waals surface area contributed by atoms with E-state index in [2.05, 4.69) is 42.2 Å². The second kappa shape index (κ2) is 5.28. The maximum atomic E-state index is 5.81. The fraction of sp³-hybridized carbons (Fsp3) is 0.154. The van der Waals surface area contributed by atoms with Gasteiger partial charge in [-0.3, -0.25) is 0 Å². The topological polar surface area (TPSA) is 50.9 Å². The molecule has 1 aromatic carbocycles. The van der Waals surface area contributed by atoms with E-state index < -0.39 is 0 Å². The third-order valence-electron chi connectivity index (χ3n) is 2.75. The summed E-state index contributed by atoms with van der Waals surface area (Å²) in [5.74, 6) is 0.757. The predicted molar refractivity (Wildman–Crippen MR) is 83.2 cm³/mol. The summed E-state index contributed by atoms with van der Waals surface area (Å²) in [4.78, 5) is 4.30. The molecule has 1 heterocycles. The highest BCUT2D eigenvalue weighted by Gasteiger charge is 2.09. The second-order valence-electron chi connectivity index (χ2n) is 4.06. The largest absolute Gasteiger partial charge is 0.397 e. The summed E-state index contributed by atoms with van der Waals surface area (Å²) >= 11 is 7.08. The van der Waals surface area contributed by atoms with E-state index in [4.69, 9.17) is 5.73 Å². The fourth-order valence-electron chi connectivity index (χ4n) is 1.55. The summed E-state index contributed by atoms with van der Waals surface area (Å²) in [6, 6.07) is 6.04. The standard InChI is InChI=1S/C13H13Br2N3/c1-7-4-3-5-10(11(7)14)18-13-12(15)8(2)9(16)6-17-13/h3-6H,16H2,1-2H3,(H,17,18).